The molecule has 0 amide bonds. The first kappa shape index (κ1) is 11.4. The standard InChI is InChI=1S/C6H4N2O4.N2/c9-7(10)5-2-1-3-6(4-5)8(11)12;1-2/h1-4H;. The molecule has 0 saturated heterocycles. The van der Waals surface area contributed by atoms with Crippen molar-refractivity contribution in [1.29, 1.82) is 10.8 Å². The summed E-state index contributed by atoms with van der Waals surface area (Å²) in [7, 11) is 0. The molecule has 1 aromatic rings. The fourth-order valence-electron chi connectivity index (χ4n) is 0.720. The van der Waals surface area contributed by atoms with Gasteiger partial charge in [0, 0.05) is 22.9 Å². The molecule has 72 valence electrons. The van der Waals surface area contributed by atoms with Crippen LogP contribution in [0.2, 0.25) is 0 Å². The van der Waals surface area contributed by atoms with Crippen molar-refractivity contribution in [2.24, 2.45) is 0 Å². The van der Waals surface area contributed by atoms with Crippen LogP contribution < -0.4 is 0 Å². The Morgan fingerprint density at radius 3 is 1.64 bits per heavy atom. The highest BCUT2D eigenvalue weighted by Gasteiger charge is 2.11. The maximum absolute atomic E-state index is 10.2. The second-order valence-corrected chi connectivity index (χ2v) is 2.03. The Bertz CT molecular complexity index is 346. The monoisotopic (exact) mass is 196 g/mol. The lowest BCUT2D eigenvalue weighted by Crippen LogP contribution is -1.91. The third-order valence-electron chi connectivity index (χ3n) is 1.25. The largest absolute Gasteiger partial charge is 0.276 e. The van der Waals surface area contributed by atoms with Crippen molar-refractivity contribution in [3.8, 4) is 0 Å². The van der Waals surface area contributed by atoms with Crippen LogP contribution in [0.4, 0.5) is 11.4 Å². The van der Waals surface area contributed by atoms with Crippen LogP contribution in [0.15, 0.2) is 24.3 Å². The molecule has 0 aromatic heterocycles. The minimum atomic E-state index is -0.674. The molecule has 0 aliphatic rings. The molecule has 0 fully saturated rings. The van der Waals surface area contributed by atoms with Crippen LogP contribution in [0.25, 0.3) is 0 Å². The van der Waals surface area contributed by atoms with Crippen LogP contribution in [-0.2, 0) is 0 Å². The summed E-state index contributed by atoms with van der Waals surface area (Å²) in [4.78, 5) is 19.0. The summed E-state index contributed by atoms with van der Waals surface area (Å²) < 4.78 is 0. The number of nitro benzene ring substituents is 2. The van der Waals surface area contributed by atoms with Crippen molar-refractivity contribution in [3.63, 3.8) is 0 Å². The van der Waals surface area contributed by atoms with Crippen LogP contribution in [0, 0.1) is 31.0 Å². The normalized spacial score (nSPS) is 8.14. The van der Waals surface area contributed by atoms with E-state index >= 15 is 0 Å². The highest BCUT2D eigenvalue weighted by atomic mass is 16.6. The molecule has 0 radical (unpaired) electrons. The van der Waals surface area contributed by atoms with E-state index in [2.05, 4.69) is 0 Å². The Morgan fingerprint density at radius 2 is 1.36 bits per heavy atom. The van der Waals surface area contributed by atoms with Crippen LogP contribution in [-0.4, -0.2) is 9.85 Å². The van der Waals surface area contributed by atoms with E-state index in [0.717, 1.165) is 6.07 Å². The highest BCUT2D eigenvalue weighted by Crippen LogP contribution is 2.18. The van der Waals surface area contributed by atoms with E-state index in [9.17, 15) is 20.2 Å². The molecule has 8 nitrogen and oxygen atoms in total. The fraction of sp³-hybridized carbons (Fsp3) is 0. The number of hydrogen-bond acceptors (Lipinski definition) is 6. The van der Waals surface area contributed by atoms with E-state index in [1.807, 2.05) is 0 Å². The van der Waals surface area contributed by atoms with Gasteiger partial charge in [-0.05, 0) is 6.07 Å². The van der Waals surface area contributed by atoms with Crippen molar-refractivity contribution >= 4 is 11.4 Å². The third kappa shape index (κ3) is 2.82. The zero-order valence-corrected chi connectivity index (χ0v) is 6.73. The minimum absolute atomic E-state index is 0.274. The van der Waals surface area contributed by atoms with E-state index in [0.29, 0.717) is 0 Å². The second kappa shape index (κ2) is 5.15. The summed E-state index contributed by atoms with van der Waals surface area (Å²) in [5.74, 6) is 0. The molecule has 1 rings (SSSR count). The van der Waals surface area contributed by atoms with Gasteiger partial charge in [0.1, 0.15) is 0 Å². The van der Waals surface area contributed by atoms with Gasteiger partial charge in [0.05, 0.1) is 15.9 Å². The Balaban J connectivity index is 0.000000791. The number of non-ortho nitro benzene ring substituents is 2. The Labute approximate surface area is 77.5 Å². The predicted molar refractivity (Wildman–Crippen MR) is 43.2 cm³/mol. The first-order valence-electron chi connectivity index (χ1n) is 3.20. The van der Waals surface area contributed by atoms with Crippen molar-refractivity contribution in [1.82, 2.24) is 0 Å². The molecular formula is C6H4N4O4. The zero-order valence-electron chi connectivity index (χ0n) is 6.73. The molecule has 1 aromatic carbocycles. The molecule has 0 spiro atoms. The van der Waals surface area contributed by atoms with Gasteiger partial charge >= 0.3 is 0 Å². The van der Waals surface area contributed by atoms with Crippen LogP contribution in [0.3, 0.4) is 0 Å². The Hall–Kier alpha value is -2.56. The van der Waals surface area contributed by atoms with Crippen molar-refractivity contribution in [2.75, 3.05) is 0 Å². The summed E-state index contributed by atoms with van der Waals surface area (Å²) in [6.45, 7) is 0. The fourth-order valence-corrected chi connectivity index (χ4v) is 0.720. The lowest BCUT2D eigenvalue weighted by atomic mass is 10.3. The summed E-state index contributed by atoms with van der Waals surface area (Å²) >= 11 is 0. The Morgan fingerprint density at radius 1 is 1.00 bits per heavy atom. The van der Waals surface area contributed by atoms with Gasteiger partial charge in [-0.2, -0.15) is 0 Å². The SMILES string of the molecule is N#N.O=[N+]([O-])c1cccc([N+](=O)[O-])c1. The molecule has 14 heavy (non-hydrogen) atoms. The third-order valence-corrected chi connectivity index (χ3v) is 1.25. The van der Waals surface area contributed by atoms with Crippen molar-refractivity contribution in [2.45, 2.75) is 0 Å². The first-order chi connectivity index (χ1) is 6.61. The number of benzene rings is 1. The lowest BCUT2D eigenvalue weighted by Gasteiger charge is -1.90. The molecule has 0 saturated carbocycles. The molecule has 0 atom stereocenters. The van der Waals surface area contributed by atoms with Crippen molar-refractivity contribution < 1.29 is 9.85 Å². The van der Waals surface area contributed by atoms with Gasteiger partial charge in [-0.15, -0.1) is 0 Å². The van der Waals surface area contributed by atoms with E-state index < -0.39 is 9.85 Å². The molecule has 0 N–H and O–H groups in total. The Kier molecular flexibility index (Phi) is 4.21. The van der Waals surface area contributed by atoms with Gasteiger partial charge < -0.3 is 0 Å². The minimum Gasteiger partial charge on any atom is -0.258 e. The van der Waals surface area contributed by atoms with Gasteiger partial charge in [0.15, 0.2) is 0 Å². The van der Waals surface area contributed by atoms with Crippen LogP contribution >= 0.6 is 0 Å². The van der Waals surface area contributed by atoms with E-state index in [-0.39, 0.29) is 11.4 Å². The zero-order chi connectivity index (χ0) is 11.1. The molecule has 0 heterocycles. The number of rotatable bonds is 2. The topological polar surface area (TPSA) is 134 Å². The molecule has 0 aliphatic heterocycles. The second-order valence-electron chi connectivity index (χ2n) is 2.03. The highest BCUT2D eigenvalue weighted by molar-refractivity contribution is 5.42. The molecule has 8 heteroatoms. The molecular weight excluding hydrogens is 192 g/mol. The van der Waals surface area contributed by atoms with E-state index in [1.54, 1.807) is 0 Å². The molecule has 0 unspecified atom stereocenters. The van der Waals surface area contributed by atoms with Gasteiger partial charge in [0.25, 0.3) is 11.4 Å². The van der Waals surface area contributed by atoms with E-state index in [4.69, 9.17) is 10.8 Å². The smallest absolute Gasteiger partial charge is 0.258 e. The average Bonchev–Trinajstić information content (AvgIpc) is 2.21. The van der Waals surface area contributed by atoms with Gasteiger partial charge in [-0.25, -0.2) is 0 Å². The van der Waals surface area contributed by atoms with Crippen LogP contribution in [0.1, 0.15) is 0 Å². The molecule has 0 bridgehead atoms. The van der Waals surface area contributed by atoms with Crippen molar-refractivity contribution in [3.05, 3.63) is 44.5 Å². The first-order valence-corrected chi connectivity index (χ1v) is 3.20. The maximum atomic E-state index is 10.2. The van der Waals surface area contributed by atoms with Gasteiger partial charge in [-0.1, -0.05) is 0 Å². The number of hydrogen-bond donors (Lipinski definition) is 0. The summed E-state index contributed by atoms with van der Waals surface area (Å²) in [6, 6.07) is 4.59. The molecule has 0 aliphatic carbocycles. The van der Waals surface area contributed by atoms with Crippen LogP contribution in [0.5, 0.6) is 0 Å². The number of nitrogens with zero attached hydrogens (tertiary/aromatic N) is 4. The predicted octanol–water partition coefficient (Wildman–Crippen LogP) is 1.53. The van der Waals surface area contributed by atoms with Gasteiger partial charge in [0.2, 0.25) is 0 Å². The summed E-state index contributed by atoms with van der Waals surface area (Å²) in [5, 5.41) is 32.3. The quantitative estimate of drug-likeness (QED) is 0.399. The lowest BCUT2D eigenvalue weighted by molar-refractivity contribution is -0.394. The number of nitro groups is 2. The maximum Gasteiger partial charge on any atom is 0.276 e. The van der Waals surface area contributed by atoms with E-state index in [1.165, 1.54) is 18.2 Å². The summed E-state index contributed by atoms with van der Waals surface area (Å²) in [5.41, 5.74) is -0.548. The average molecular weight is 196 g/mol. The summed E-state index contributed by atoms with van der Waals surface area (Å²) in [6.07, 6.45) is 0. The van der Waals surface area contributed by atoms with Gasteiger partial charge in [-0.3, -0.25) is 20.2 Å².